The van der Waals surface area contributed by atoms with E-state index >= 15 is 0 Å². The van der Waals surface area contributed by atoms with E-state index in [9.17, 15) is 15.0 Å². The molecule has 4 atom stereocenters. The summed E-state index contributed by atoms with van der Waals surface area (Å²) in [5.41, 5.74) is -0.637. The van der Waals surface area contributed by atoms with Crippen LogP contribution in [-0.4, -0.2) is 22.3 Å². The second-order valence-corrected chi connectivity index (χ2v) is 5.15. The van der Waals surface area contributed by atoms with E-state index in [1.165, 1.54) is 6.42 Å². The molecule has 0 amide bonds. The molecule has 0 aromatic carbocycles. The molecule has 2 aliphatic carbocycles. The number of aliphatic hydroxyl groups is 1. The van der Waals surface area contributed by atoms with Crippen LogP contribution in [0.3, 0.4) is 0 Å². The number of hydrogen-bond acceptors (Lipinski definition) is 2. The van der Waals surface area contributed by atoms with Gasteiger partial charge in [0.1, 0.15) is 0 Å². The van der Waals surface area contributed by atoms with Crippen LogP contribution in [0.2, 0.25) is 0 Å². The van der Waals surface area contributed by atoms with Crippen LogP contribution in [0, 0.1) is 23.2 Å². The van der Waals surface area contributed by atoms with Crippen molar-refractivity contribution in [2.75, 3.05) is 0 Å². The normalized spacial score (nSPS) is 44.2. The molecule has 0 radical (unpaired) electrons. The first kappa shape index (κ1) is 9.97. The van der Waals surface area contributed by atoms with Crippen LogP contribution in [0.4, 0.5) is 0 Å². The van der Waals surface area contributed by atoms with E-state index in [-0.39, 0.29) is 5.92 Å². The Bertz CT molecular complexity index is 249. The number of hydrogen-bond donors (Lipinski definition) is 2. The third-order valence-electron chi connectivity index (χ3n) is 4.34. The summed E-state index contributed by atoms with van der Waals surface area (Å²) in [6, 6.07) is 0. The highest BCUT2D eigenvalue weighted by Gasteiger charge is 2.60. The van der Waals surface area contributed by atoms with Gasteiger partial charge >= 0.3 is 5.97 Å². The van der Waals surface area contributed by atoms with Crippen molar-refractivity contribution in [3.8, 4) is 0 Å². The van der Waals surface area contributed by atoms with E-state index in [1.54, 1.807) is 6.92 Å². The molecule has 0 aromatic rings. The molecule has 3 nitrogen and oxygen atoms in total. The Hall–Kier alpha value is -0.570. The number of rotatable bonds is 3. The summed E-state index contributed by atoms with van der Waals surface area (Å²) in [7, 11) is 0. The zero-order chi connectivity index (χ0) is 10.5. The summed E-state index contributed by atoms with van der Waals surface area (Å²) in [6.07, 6.45) is 2.24. The minimum Gasteiger partial charge on any atom is -0.481 e. The summed E-state index contributed by atoms with van der Waals surface area (Å²) < 4.78 is 0. The Morgan fingerprint density at radius 3 is 2.21 bits per heavy atom. The number of carboxylic acid groups (broad SMARTS) is 1. The van der Waals surface area contributed by atoms with E-state index in [1.807, 2.05) is 6.92 Å². The van der Waals surface area contributed by atoms with E-state index in [0.717, 1.165) is 12.8 Å². The summed E-state index contributed by atoms with van der Waals surface area (Å²) >= 11 is 0. The molecule has 0 aliphatic heterocycles. The monoisotopic (exact) mass is 198 g/mol. The highest BCUT2D eigenvalue weighted by molar-refractivity contribution is 5.76. The largest absolute Gasteiger partial charge is 0.481 e. The number of aliphatic hydroxyl groups excluding tert-OH is 1. The van der Waals surface area contributed by atoms with Crippen molar-refractivity contribution in [1.29, 1.82) is 0 Å². The molecule has 0 heterocycles. The van der Waals surface area contributed by atoms with Gasteiger partial charge in [-0.15, -0.1) is 0 Å². The molecule has 14 heavy (non-hydrogen) atoms. The van der Waals surface area contributed by atoms with Crippen molar-refractivity contribution in [1.82, 2.24) is 0 Å². The lowest BCUT2D eigenvalue weighted by Gasteiger charge is -2.34. The van der Waals surface area contributed by atoms with Gasteiger partial charge in [0.25, 0.3) is 0 Å². The van der Waals surface area contributed by atoms with E-state index in [4.69, 9.17) is 0 Å². The zero-order valence-electron chi connectivity index (χ0n) is 8.73. The molecule has 3 heteroatoms. The van der Waals surface area contributed by atoms with Crippen molar-refractivity contribution in [3.63, 3.8) is 0 Å². The van der Waals surface area contributed by atoms with E-state index in [0.29, 0.717) is 11.8 Å². The fourth-order valence-corrected chi connectivity index (χ4v) is 3.03. The summed E-state index contributed by atoms with van der Waals surface area (Å²) in [5.74, 6) is 0.422. The minimum absolute atomic E-state index is 0.132. The van der Waals surface area contributed by atoms with Crippen molar-refractivity contribution >= 4 is 5.97 Å². The second kappa shape index (κ2) is 2.96. The standard InChI is InChI=1S/C11H18O3/c1-6(7(2)12)11(10(13)14)4-8-3-9(8)5-11/h6-9,12H,3-5H2,1-2H3,(H,13,14). The molecule has 80 valence electrons. The SMILES string of the molecule is CC(O)C(C)C1(C(=O)O)CC2CC2C1. The maximum atomic E-state index is 11.3. The molecule has 0 bridgehead atoms. The summed E-state index contributed by atoms with van der Waals surface area (Å²) in [4.78, 5) is 11.3. The quantitative estimate of drug-likeness (QED) is 0.722. The van der Waals surface area contributed by atoms with Crippen LogP contribution in [-0.2, 0) is 4.79 Å². The molecule has 2 fully saturated rings. The van der Waals surface area contributed by atoms with E-state index < -0.39 is 17.5 Å². The highest BCUT2D eigenvalue weighted by atomic mass is 16.4. The lowest BCUT2D eigenvalue weighted by molar-refractivity contribution is -0.155. The first-order chi connectivity index (χ1) is 6.47. The van der Waals surface area contributed by atoms with Crippen LogP contribution in [0.25, 0.3) is 0 Å². The van der Waals surface area contributed by atoms with Gasteiger partial charge in [0.05, 0.1) is 11.5 Å². The molecule has 0 aromatic heterocycles. The topological polar surface area (TPSA) is 57.5 Å². The predicted octanol–water partition coefficient (Wildman–Crippen LogP) is 1.50. The fraction of sp³-hybridized carbons (Fsp3) is 0.909. The first-order valence-electron chi connectivity index (χ1n) is 5.39. The molecule has 2 aliphatic rings. The van der Waals surface area contributed by atoms with Crippen molar-refractivity contribution in [2.24, 2.45) is 23.2 Å². The van der Waals surface area contributed by atoms with Gasteiger partial charge in [-0.25, -0.2) is 0 Å². The van der Waals surface area contributed by atoms with Crippen LogP contribution in [0.1, 0.15) is 33.1 Å². The van der Waals surface area contributed by atoms with E-state index in [2.05, 4.69) is 0 Å². The highest BCUT2D eigenvalue weighted by Crippen LogP contribution is 2.62. The molecule has 2 N–H and O–H groups in total. The lowest BCUT2D eigenvalue weighted by Crippen LogP contribution is -2.41. The van der Waals surface area contributed by atoms with Crippen LogP contribution >= 0.6 is 0 Å². The summed E-state index contributed by atoms with van der Waals surface area (Å²) in [5, 5.41) is 18.8. The van der Waals surface area contributed by atoms with Gasteiger partial charge in [0.15, 0.2) is 0 Å². The first-order valence-corrected chi connectivity index (χ1v) is 5.39. The average molecular weight is 198 g/mol. The molecular formula is C11H18O3. The zero-order valence-corrected chi connectivity index (χ0v) is 8.73. The Labute approximate surface area is 84.1 Å². The second-order valence-electron chi connectivity index (χ2n) is 5.15. The Kier molecular flexibility index (Phi) is 2.11. The van der Waals surface area contributed by atoms with Gasteiger partial charge in [-0.1, -0.05) is 6.92 Å². The molecule has 4 unspecified atom stereocenters. The van der Waals surface area contributed by atoms with Gasteiger partial charge in [0, 0.05) is 0 Å². The number of carbonyl (C=O) groups is 1. The Morgan fingerprint density at radius 2 is 1.86 bits per heavy atom. The van der Waals surface area contributed by atoms with Crippen molar-refractivity contribution in [2.45, 2.75) is 39.2 Å². The average Bonchev–Trinajstić information content (AvgIpc) is 2.72. The van der Waals surface area contributed by atoms with Gasteiger partial charge in [-0.05, 0) is 43.9 Å². The van der Waals surface area contributed by atoms with Crippen LogP contribution in [0.5, 0.6) is 0 Å². The third-order valence-corrected chi connectivity index (χ3v) is 4.34. The minimum atomic E-state index is -0.710. The smallest absolute Gasteiger partial charge is 0.310 e. The fourth-order valence-electron chi connectivity index (χ4n) is 3.03. The van der Waals surface area contributed by atoms with Crippen LogP contribution < -0.4 is 0 Å². The maximum absolute atomic E-state index is 11.3. The molecule has 0 spiro atoms. The van der Waals surface area contributed by atoms with Gasteiger partial charge < -0.3 is 10.2 Å². The van der Waals surface area contributed by atoms with Crippen LogP contribution in [0.15, 0.2) is 0 Å². The summed E-state index contributed by atoms with van der Waals surface area (Å²) in [6.45, 7) is 3.56. The molecule has 2 saturated carbocycles. The molecular weight excluding hydrogens is 180 g/mol. The lowest BCUT2D eigenvalue weighted by atomic mass is 9.70. The molecule has 2 rings (SSSR count). The third kappa shape index (κ3) is 1.26. The Balaban J connectivity index is 2.19. The number of aliphatic carboxylic acids is 1. The predicted molar refractivity (Wildman–Crippen MR) is 51.7 cm³/mol. The number of fused-ring (bicyclic) bond motifs is 1. The maximum Gasteiger partial charge on any atom is 0.310 e. The molecule has 0 saturated heterocycles. The van der Waals surface area contributed by atoms with Crippen molar-refractivity contribution < 1.29 is 15.0 Å². The number of carboxylic acids is 1. The van der Waals surface area contributed by atoms with Gasteiger partial charge in [-0.3, -0.25) is 4.79 Å². The van der Waals surface area contributed by atoms with Gasteiger partial charge in [0.2, 0.25) is 0 Å². The van der Waals surface area contributed by atoms with Crippen molar-refractivity contribution in [3.05, 3.63) is 0 Å². The van der Waals surface area contributed by atoms with Gasteiger partial charge in [-0.2, -0.15) is 0 Å². The Morgan fingerprint density at radius 1 is 1.36 bits per heavy atom.